The third kappa shape index (κ3) is 2.69. The van der Waals surface area contributed by atoms with Crippen molar-refractivity contribution in [2.24, 2.45) is 5.41 Å². The zero-order valence-corrected chi connectivity index (χ0v) is 9.03. The lowest BCUT2D eigenvalue weighted by atomic mass is 9.71. The third-order valence-electron chi connectivity index (χ3n) is 3.04. The van der Waals surface area contributed by atoms with E-state index in [9.17, 15) is 9.90 Å². The van der Waals surface area contributed by atoms with Gasteiger partial charge in [-0.15, -0.1) is 0 Å². The van der Waals surface area contributed by atoms with Gasteiger partial charge in [-0.25, -0.2) is 0 Å². The number of aliphatic hydroxyl groups is 1. The summed E-state index contributed by atoms with van der Waals surface area (Å²) in [4.78, 5) is 11.8. The fraction of sp³-hybridized carbons (Fsp3) is 0.818. The van der Waals surface area contributed by atoms with E-state index in [1.807, 2.05) is 6.07 Å². The first-order chi connectivity index (χ1) is 7.14. The number of nitriles is 1. The number of nitrogens with zero attached hydrogens (tertiary/aromatic N) is 1. The summed E-state index contributed by atoms with van der Waals surface area (Å²) in [6.07, 6.45) is 2.15. The van der Waals surface area contributed by atoms with Crippen molar-refractivity contribution in [1.29, 1.82) is 5.26 Å². The van der Waals surface area contributed by atoms with Gasteiger partial charge in [0.1, 0.15) is 0 Å². The van der Waals surface area contributed by atoms with Crippen LogP contribution in [0.5, 0.6) is 0 Å². The summed E-state index contributed by atoms with van der Waals surface area (Å²) in [7, 11) is 0. The third-order valence-corrected chi connectivity index (χ3v) is 3.04. The van der Waals surface area contributed by atoms with E-state index in [4.69, 9.17) is 10.00 Å². The predicted molar refractivity (Wildman–Crippen MR) is 53.8 cm³/mol. The monoisotopic (exact) mass is 211 g/mol. The van der Waals surface area contributed by atoms with E-state index >= 15 is 0 Å². The molecule has 1 N–H and O–H groups in total. The lowest BCUT2D eigenvalue weighted by Gasteiger charge is -2.34. The Hall–Kier alpha value is -1.08. The quantitative estimate of drug-likeness (QED) is 0.716. The molecule has 0 unspecified atom stereocenters. The zero-order valence-electron chi connectivity index (χ0n) is 9.03. The highest BCUT2D eigenvalue weighted by molar-refractivity contribution is 5.77. The Balaban J connectivity index is 2.71. The van der Waals surface area contributed by atoms with Crippen LogP contribution in [0.25, 0.3) is 0 Å². The fourth-order valence-electron chi connectivity index (χ4n) is 2.04. The fourth-order valence-corrected chi connectivity index (χ4v) is 2.04. The van der Waals surface area contributed by atoms with Crippen molar-refractivity contribution < 1.29 is 14.6 Å². The van der Waals surface area contributed by atoms with Crippen molar-refractivity contribution >= 4 is 5.97 Å². The van der Waals surface area contributed by atoms with Crippen molar-refractivity contribution in [3.63, 3.8) is 0 Å². The van der Waals surface area contributed by atoms with Gasteiger partial charge in [-0.2, -0.15) is 5.26 Å². The molecule has 0 amide bonds. The molecule has 1 saturated carbocycles. The van der Waals surface area contributed by atoms with Crippen molar-refractivity contribution in [2.45, 2.75) is 45.1 Å². The molecule has 0 saturated heterocycles. The van der Waals surface area contributed by atoms with E-state index in [0.29, 0.717) is 32.3 Å². The lowest BCUT2D eigenvalue weighted by molar-refractivity contribution is -0.158. The summed E-state index contributed by atoms with van der Waals surface area (Å²) in [5, 5.41) is 18.1. The second kappa shape index (κ2) is 5.13. The topological polar surface area (TPSA) is 70.3 Å². The number of carbonyl (C=O) groups is 1. The summed E-state index contributed by atoms with van der Waals surface area (Å²) < 4.78 is 5.00. The summed E-state index contributed by atoms with van der Waals surface area (Å²) in [6.45, 7) is 2.10. The van der Waals surface area contributed by atoms with E-state index in [0.717, 1.165) is 0 Å². The van der Waals surface area contributed by atoms with Crippen LogP contribution in [0, 0.1) is 16.7 Å². The summed E-state index contributed by atoms with van der Waals surface area (Å²) in [6, 6.07) is 2.05. The summed E-state index contributed by atoms with van der Waals surface area (Å²) in [5.74, 6) is -0.279. The molecule has 0 bridgehead atoms. The second-order valence-electron chi connectivity index (χ2n) is 4.07. The van der Waals surface area contributed by atoms with Gasteiger partial charge in [0.05, 0.1) is 30.6 Å². The minimum atomic E-state index is -0.663. The Morgan fingerprint density at radius 2 is 2.20 bits per heavy atom. The van der Waals surface area contributed by atoms with E-state index < -0.39 is 5.41 Å². The van der Waals surface area contributed by atoms with Crippen molar-refractivity contribution in [2.75, 3.05) is 6.61 Å². The van der Waals surface area contributed by atoms with Crippen molar-refractivity contribution in [1.82, 2.24) is 0 Å². The zero-order chi connectivity index (χ0) is 11.3. The van der Waals surface area contributed by atoms with Crippen LogP contribution in [-0.2, 0) is 9.53 Å². The Morgan fingerprint density at radius 1 is 1.60 bits per heavy atom. The molecule has 0 aromatic heterocycles. The smallest absolute Gasteiger partial charge is 0.313 e. The molecule has 0 aromatic rings. The van der Waals surface area contributed by atoms with Crippen LogP contribution in [0.4, 0.5) is 0 Å². The van der Waals surface area contributed by atoms with E-state index in [1.165, 1.54) is 0 Å². The molecule has 84 valence electrons. The Labute approximate surface area is 89.8 Å². The molecular weight excluding hydrogens is 194 g/mol. The molecule has 0 spiro atoms. The van der Waals surface area contributed by atoms with Crippen LogP contribution in [0.15, 0.2) is 0 Å². The number of hydrogen-bond donors (Lipinski definition) is 1. The molecule has 0 radical (unpaired) electrons. The Morgan fingerprint density at radius 3 is 2.67 bits per heavy atom. The van der Waals surface area contributed by atoms with Crippen LogP contribution in [0.1, 0.15) is 39.0 Å². The molecule has 0 aromatic carbocycles. The maximum absolute atomic E-state index is 11.8. The molecule has 4 heteroatoms. The maximum Gasteiger partial charge on any atom is 0.313 e. The van der Waals surface area contributed by atoms with Gasteiger partial charge >= 0.3 is 5.97 Å². The largest absolute Gasteiger partial charge is 0.466 e. The first kappa shape index (κ1) is 12.0. The predicted octanol–water partition coefficient (Wildman–Crippen LogP) is 1.38. The minimum Gasteiger partial charge on any atom is -0.466 e. The van der Waals surface area contributed by atoms with E-state index in [2.05, 4.69) is 0 Å². The van der Waals surface area contributed by atoms with Gasteiger partial charge in [-0.1, -0.05) is 0 Å². The highest BCUT2D eigenvalue weighted by Crippen LogP contribution is 2.40. The molecule has 4 nitrogen and oxygen atoms in total. The molecule has 0 atom stereocenters. The maximum atomic E-state index is 11.8. The highest BCUT2D eigenvalue weighted by atomic mass is 16.5. The van der Waals surface area contributed by atoms with Crippen LogP contribution in [-0.4, -0.2) is 23.8 Å². The number of esters is 1. The van der Waals surface area contributed by atoms with E-state index in [1.54, 1.807) is 6.92 Å². The molecule has 0 aliphatic heterocycles. The standard InChI is InChI=1S/C11H17NO3/c1-2-15-10(14)11(7-8-12)5-3-9(13)4-6-11/h9,13H,2-7H2,1H3. The van der Waals surface area contributed by atoms with Crippen molar-refractivity contribution in [3.8, 4) is 6.07 Å². The number of aliphatic hydroxyl groups excluding tert-OH is 1. The lowest BCUT2D eigenvalue weighted by Crippen LogP contribution is -2.38. The van der Waals surface area contributed by atoms with Crippen LogP contribution < -0.4 is 0 Å². The minimum absolute atomic E-state index is 0.193. The van der Waals surface area contributed by atoms with Gasteiger partial charge in [-0.3, -0.25) is 4.79 Å². The van der Waals surface area contributed by atoms with Crippen LogP contribution >= 0.6 is 0 Å². The van der Waals surface area contributed by atoms with Crippen molar-refractivity contribution in [3.05, 3.63) is 0 Å². The average Bonchev–Trinajstić information content (AvgIpc) is 2.22. The number of rotatable bonds is 3. The first-order valence-corrected chi connectivity index (χ1v) is 5.37. The Bertz CT molecular complexity index is 261. The normalized spacial score (nSPS) is 30.6. The van der Waals surface area contributed by atoms with Gasteiger partial charge in [-0.05, 0) is 32.6 Å². The second-order valence-corrected chi connectivity index (χ2v) is 4.07. The van der Waals surface area contributed by atoms with Crippen LogP contribution in [0.3, 0.4) is 0 Å². The number of carbonyl (C=O) groups excluding carboxylic acids is 1. The van der Waals surface area contributed by atoms with Gasteiger partial charge in [0, 0.05) is 0 Å². The summed E-state index contributed by atoms with van der Waals surface area (Å²) >= 11 is 0. The molecule has 1 fully saturated rings. The molecule has 15 heavy (non-hydrogen) atoms. The average molecular weight is 211 g/mol. The SMILES string of the molecule is CCOC(=O)C1(CC#N)CCC(O)CC1. The number of hydrogen-bond acceptors (Lipinski definition) is 4. The highest BCUT2D eigenvalue weighted by Gasteiger charge is 2.42. The Kier molecular flexibility index (Phi) is 4.10. The number of ether oxygens (including phenoxy) is 1. The van der Waals surface area contributed by atoms with Gasteiger partial charge < -0.3 is 9.84 Å². The molecule has 1 aliphatic rings. The molecule has 1 aliphatic carbocycles. The van der Waals surface area contributed by atoms with Gasteiger partial charge in [0.2, 0.25) is 0 Å². The first-order valence-electron chi connectivity index (χ1n) is 5.37. The van der Waals surface area contributed by atoms with Gasteiger partial charge in [0.25, 0.3) is 0 Å². The molecule has 0 heterocycles. The van der Waals surface area contributed by atoms with Crippen LogP contribution in [0.2, 0.25) is 0 Å². The molecular formula is C11H17NO3. The summed E-state index contributed by atoms with van der Waals surface area (Å²) in [5.41, 5.74) is -0.663. The molecule has 1 rings (SSSR count). The van der Waals surface area contributed by atoms with Gasteiger partial charge in [0.15, 0.2) is 0 Å². The van der Waals surface area contributed by atoms with E-state index in [-0.39, 0.29) is 18.5 Å².